The summed E-state index contributed by atoms with van der Waals surface area (Å²) in [6.07, 6.45) is -4.50. The maximum Gasteiger partial charge on any atom is 0.416 e. The first kappa shape index (κ1) is 22.9. The minimum Gasteiger partial charge on any atom is -0.484 e. The van der Waals surface area contributed by atoms with Crippen LogP contribution in [0.4, 0.5) is 24.5 Å². The Kier molecular flexibility index (Phi) is 6.82. The van der Waals surface area contributed by atoms with Crippen molar-refractivity contribution in [3.05, 3.63) is 89.0 Å². The van der Waals surface area contributed by atoms with Crippen molar-refractivity contribution in [2.45, 2.75) is 20.0 Å². The van der Waals surface area contributed by atoms with Gasteiger partial charge in [-0.15, -0.1) is 0 Å². The number of hydrogen-bond donors (Lipinski definition) is 2. The Labute approximate surface area is 183 Å². The van der Waals surface area contributed by atoms with Gasteiger partial charge < -0.3 is 15.4 Å². The molecule has 2 N–H and O–H groups in total. The van der Waals surface area contributed by atoms with Crippen LogP contribution >= 0.6 is 0 Å². The molecule has 0 saturated carbocycles. The number of nitrogens with one attached hydrogen (secondary N) is 2. The van der Waals surface area contributed by atoms with Crippen molar-refractivity contribution in [1.29, 1.82) is 0 Å². The zero-order chi connectivity index (χ0) is 23.3. The van der Waals surface area contributed by atoms with E-state index in [1.54, 1.807) is 12.1 Å². The van der Waals surface area contributed by atoms with Crippen molar-refractivity contribution >= 4 is 23.2 Å². The third-order valence-electron chi connectivity index (χ3n) is 4.68. The van der Waals surface area contributed by atoms with Gasteiger partial charge in [-0.25, -0.2) is 0 Å². The van der Waals surface area contributed by atoms with Crippen LogP contribution in [0.2, 0.25) is 0 Å². The lowest BCUT2D eigenvalue weighted by molar-refractivity contribution is -0.137. The first-order valence-electron chi connectivity index (χ1n) is 9.71. The fourth-order valence-corrected chi connectivity index (χ4v) is 3.02. The molecule has 32 heavy (non-hydrogen) atoms. The number of benzene rings is 3. The molecule has 0 bridgehead atoms. The third-order valence-corrected chi connectivity index (χ3v) is 4.68. The van der Waals surface area contributed by atoms with Gasteiger partial charge in [0.2, 0.25) is 0 Å². The summed E-state index contributed by atoms with van der Waals surface area (Å²) in [6.45, 7) is 3.41. The average molecular weight is 442 g/mol. The molecule has 0 radical (unpaired) electrons. The largest absolute Gasteiger partial charge is 0.484 e. The molecule has 0 unspecified atom stereocenters. The van der Waals surface area contributed by atoms with Gasteiger partial charge in [0, 0.05) is 16.9 Å². The molecule has 2 amide bonds. The molecule has 0 spiro atoms. The van der Waals surface area contributed by atoms with Gasteiger partial charge in [-0.3, -0.25) is 9.59 Å². The Morgan fingerprint density at radius 3 is 2.12 bits per heavy atom. The smallest absolute Gasteiger partial charge is 0.416 e. The summed E-state index contributed by atoms with van der Waals surface area (Å²) >= 11 is 0. The molecule has 3 rings (SSSR count). The summed E-state index contributed by atoms with van der Waals surface area (Å²) in [5.41, 5.74) is 2.23. The third kappa shape index (κ3) is 5.87. The molecule has 0 aliphatic heterocycles. The van der Waals surface area contributed by atoms with E-state index in [9.17, 15) is 22.8 Å². The van der Waals surface area contributed by atoms with E-state index in [1.807, 2.05) is 32.0 Å². The molecule has 3 aromatic rings. The van der Waals surface area contributed by atoms with E-state index in [1.165, 1.54) is 24.3 Å². The molecular weight excluding hydrogens is 421 g/mol. The zero-order valence-electron chi connectivity index (χ0n) is 17.4. The summed E-state index contributed by atoms with van der Waals surface area (Å²) in [5, 5.41) is 5.25. The summed E-state index contributed by atoms with van der Waals surface area (Å²) in [7, 11) is 0. The van der Waals surface area contributed by atoms with E-state index in [-0.39, 0.29) is 11.6 Å². The van der Waals surface area contributed by atoms with Crippen LogP contribution in [0.5, 0.6) is 5.75 Å². The van der Waals surface area contributed by atoms with Gasteiger partial charge in [-0.05, 0) is 67.4 Å². The number of alkyl halides is 3. The number of amides is 2. The molecule has 0 fully saturated rings. The van der Waals surface area contributed by atoms with Crippen molar-refractivity contribution in [3.8, 4) is 5.75 Å². The van der Waals surface area contributed by atoms with Gasteiger partial charge in [-0.2, -0.15) is 13.2 Å². The second kappa shape index (κ2) is 9.55. The molecule has 0 saturated heterocycles. The number of rotatable bonds is 6. The van der Waals surface area contributed by atoms with Gasteiger partial charge in [-0.1, -0.05) is 24.3 Å². The minimum absolute atomic E-state index is 0.0203. The summed E-state index contributed by atoms with van der Waals surface area (Å²) in [4.78, 5) is 24.5. The number of ether oxygens (including phenoxy) is 1. The lowest BCUT2D eigenvalue weighted by Gasteiger charge is -2.12. The molecule has 3 aromatic carbocycles. The Bertz CT molecular complexity index is 1110. The van der Waals surface area contributed by atoms with Gasteiger partial charge in [0.05, 0.1) is 5.56 Å². The molecule has 0 aliphatic rings. The molecule has 0 aromatic heterocycles. The molecule has 0 aliphatic carbocycles. The van der Waals surface area contributed by atoms with E-state index < -0.39 is 24.3 Å². The van der Waals surface area contributed by atoms with E-state index in [0.29, 0.717) is 11.3 Å². The van der Waals surface area contributed by atoms with E-state index in [4.69, 9.17) is 4.74 Å². The zero-order valence-corrected chi connectivity index (χ0v) is 17.4. The predicted octanol–water partition coefficient (Wildman–Crippen LogP) is 5.59. The highest BCUT2D eigenvalue weighted by atomic mass is 19.4. The van der Waals surface area contributed by atoms with E-state index in [0.717, 1.165) is 28.9 Å². The highest BCUT2D eigenvalue weighted by Gasteiger charge is 2.30. The van der Waals surface area contributed by atoms with Gasteiger partial charge in [0.1, 0.15) is 5.75 Å². The van der Waals surface area contributed by atoms with Crippen molar-refractivity contribution in [3.63, 3.8) is 0 Å². The average Bonchev–Trinajstić information content (AvgIpc) is 2.75. The second-order valence-corrected chi connectivity index (χ2v) is 7.16. The Balaban J connectivity index is 1.56. The summed E-state index contributed by atoms with van der Waals surface area (Å²) in [6, 6.07) is 16.3. The van der Waals surface area contributed by atoms with Crippen LogP contribution in [0.3, 0.4) is 0 Å². The van der Waals surface area contributed by atoms with Crippen molar-refractivity contribution in [2.75, 3.05) is 17.2 Å². The van der Waals surface area contributed by atoms with Crippen LogP contribution < -0.4 is 15.4 Å². The van der Waals surface area contributed by atoms with Crippen LogP contribution in [0.25, 0.3) is 0 Å². The van der Waals surface area contributed by atoms with Crippen molar-refractivity contribution in [2.24, 2.45) is 0 Å². The maximum atomic E-state index is 12.8. The number of anilines is 2. The topological polar surface area (TPSA) is 67.4 Å². The van der Waals surface area contributed by atoms with Crippen molar-refractivity contribution in [1.82, 2.24) is 0 Å². The van der Waals surface area contributed by atoms with Crippen LogP contribution in [-0.4, -0.2) is 18.4 Å². The first-order chi connectivity index (χ1) is 15.1. The number of hydrogen-bond acceptors (Lipinski definition) is 3. The van der Waals surface area contributed by atoms with Crippen molar-refractivity contribution < 1.29 is 27.5 Å². The number of carbonyl (C=O) groups excluding carboxylic acids is 2. The fourth-order valence-electron chi connectivity index (χ4n) is 3.02. The van der Waals surface area contributed by atoms with Gasteiger partial charge >= 0.3 is 6.18 Å². The van der Waals surface area contributed by atoms with Gasteiger partial charge in [0.25, 0.3) is 11.8 Å². The Morgan fingerprint density at radius 1 is 0.875 bits per heavy atom. The molecule has 0 atom stereocenters. The fraction of sp³-hybridized carbons (Fsp3) is 0.167. The predicted molar refractivity (Wildman–Crippen MR) is 116 cm³/mol. The Hall–Kier alpha value is -3.81. The Morgan fingerprint density at radius 2 is 1.50 bits per heavy atom. The lowest BCUT2D eigenvalue weighted by atomic mass is 10.1. The number of aryl methyl sites for hydroxylation is 2. The number of halogens is 3. The first-order valence-corrected chi connectivity index (χ1v) is 9.71. The quantitative estimate of drug-likeness (QED) is 0.523. The molecule has 0 heterocycles. The molecule has 8 heteroatoms. The molecular formula is C24H21F3N2O3. The van der Waals surface area contributed by atoms with Crippen LogP contribution in [-0.2, 0) is 11.0 Å². The summed E-state index contributed by atoms with van der Waals surface area (Å²) < 4.78 is 43.6. The van der Waals surface area contributed by atoms with E-state index >= 15 is 0 Å². The second-order valence-electron chi connectivity index (χ2n) is 7.16. The molecule has 5 nitrogen and oxygen atoms in total. The van der Waals surface area contributed by atoms with Crippen LogP contribution in [0.15, 0.2) is 66.7 Å². The monoisotopic (exact) mass is 442 g/mol. The number of para-hydroxylation sites is 1. The SMILES string of the molecule is Cc1cccc(C)c1NC(=O)c1ccc(OCC(=O)Nc2cccc(C(F)(F)F)c2)cc1. The number of carbonyl (C=O) groups is 2. The standard InChI is InChI=1S/C24H21F3N2O3/c1-15-5-3-6-16(2)22(15)29-23(31)17-9-11-20(12-10-17)32-14-21(30)28-19-8-4-7-18(13-19)24(25,26)27/h3-13H,14H2,1-2H3,(H,28,30)(H,29,31). The maximum absolute atomic E-state index is 12.8. The van der Waals surface area contributed by atoms with E-state index in [2.05, 4.69) is 10.6 Å². The van der Waals surface area contributed by atoms with Crippen LogP contribution in [0.1, 0.15) is 27.0 Å². The highest BCUT2D eigenvalue weighted by molar-refractivity contribution is 6.05. The van der Waals surface area contributed by atoms with Crippen LogP contribution in [0, 0.1) is 13.8 Å². The lowest BCUT2D eigenvalue weighted by Crippen LogP contribution is -2.20. The highest BCUT2D eigenvalue weighted by Crippen LogP contribution is 2.30. The molecule has 166 valence electrons. The minimum atomic E-state index is -4.50. The van der Waals surface area contributed by atoms with Gasteiger partial charge in [0.15, 0.2) is 6.61 Å². The normalized spacial score (nSPS) is 11.0. The summed E-state index contributed by atoms with van der Waals surface area (Å²) in [5.74, 6) is -0.551.